The molecule has 2 aromatic rings. The highest BCUT2D eigenvalue weighted by molar-refractivity contribution is 5.31. The summed E-state index contributed by atoms with van der Waals surface area (Å²) in [6, 6.07) is 13.5. The van der Waals surface area contributed by atoms with Crippen LogP contribution in [0.25, 0.3) is 0 Å². The minimum Gasteiger partial charge on any atom is -0.321 e. The molecule has 0 bridgehead atoms. The van der Waals surface area contributed by atoms with Crippen LogP contribution in [0.4, 0.5) is 4.39 Å². The largest absolute Gasteiger partial charge is 0.321 e. The number of halogens is 1. The second-order valence-corrected chi connectivity index (χ2v) is 5.54. The molecule has 0 fully saturated rings. The molecule has 19 heavy (non-hydrogen) atoms. The molecular formula is C17H20FN. The second kappa shape index (κ2) is 5.14. The molecule has 0 aliphatic rings. The molecule has 2 heteroatoms. The van der Waals surface area contributed by atoms with Crippen LogP contribution in [-0.2, 0) is 12.0 Å². The molecule has 2 N–H and O–H groups in total. The summed E-state index contributed by atoms with van der Waals surface area (Å²) >= 11 is 0. The zero-order chi connectivity index (χ0) is 14.0. The van der Waals surface area contributed by atoms with Crippen molar-refractivity contribution in [3.05, 3.63) is 70.5 Å². The minimum absolute atomic E-state index is 0.196. The van der Waals surface area contributed by atoms with E-state index in [4.69, 9.17) is 5.73 Å². The first-order chi connectivity index (χ1) is 8.88. The lowest BCUT2D eigenvalue weighted by molar-refractivity contribution is 0.485. The lowest BCUT2D eigenvalue weighted by Crippen LogP contribution is -2.35. The van der Waals surface area contributed by atoms with Gasteiger partial charge in [-0.1, -0.05) is 42.0 Å². The Bertz CT molecular complexity index is 570. The molecular weight excluding hydrogens is 237 g/mol. The number of hydrogen-bond donors (Lipinski definition) is 1. The number of hydrogen-bond acceptors (Lipinski definition) is 1. The molecule has 2 rings (SSSR count). The van der Waals surface area contributed by atoms with E-state index in [1.54, 1.807) is 19.1 Å². The number of benzene rings is 2. The molecule has 0 heterocycles. The summed E-state index contributed by atoms with van der Waals surface area (Å²) in [4.78, 5) is 0. The predicted molar refractivity (Wildman–Crippen MR) is 77.6 cm³/mol. The van der Waals surface area contributed by atoms with Crippen molar-refractivity contribution in [1.82, 2.24) is 0 Å². The fraction of sp³-hybridized carbons (Fsp3) is 0.294. The van der Waals surface area contributed by atoms with Crippen LogP contribution in [-0.4, -0.2) is 0 Å². The smallest absolute Gasteiger partial charge is 0.126 e. The topological polar surface area (TPSA) is 26.0 Å². The molecule has 0 aromatic heterocycles. The molecule has 0 aliphatic heterocycles. The third-order valence-corrected chi connectivity index (χ3v) is 3.52. The van der Waals surface area contributed by atoms with Crippen LogP contribution in [0.1, 0.15) is 29.2 Å². The van der Waals surface area contributed by atoms with E-state index in [0.29, 0.717) is 12.0 Å². The van der Waals surface area contributed by atoms with Crippen LogP contribution in [0.3, 0.4) is 0 Å². The minimum atomic E-state index is -0.566. The highest BCUT2D eigenvalue weighted by Gasteiger charge is 2.22. The molecule has 0 saturated carbocycles. The van der Waals surface area contributed by atoms with Gasteiger partial charge in [0, 0.05) is 5.54 Å². The van der Waals surface area contributed by atoms with Gasteiger partial charge in [0.25, 0.3) is 0 Å². The lowest BCUT2D eigenvalue weighted by atomic mass is 9.86. The van der Waals surface area contributed by atoms with Gasteiger partial charge in [-0.3, -0.25) is 0 Å². The first kappa shape index (κ1) is 13.8. The summed E-state index contributed by atoms with van der Waals surface area (Å²) in [5, 5.41) is 0. The van der Waals surface area contributed by atoms with Crippen molar-refractivity contribution >= 4 is 0 Å². The zero-order valence-corrected chi connectivity index (χ0v) is 11.7. The van der Waals surface area contributed by atoms with Crippen molar-refractivity contribution in [3.63, 3.8) is 0 Å². The van der Waals surface area contributed by atoms with Gasteiger partial charge in [0.05, 0.1) is 0 Å². The Balaban J connectivity index is 2.26. The standard InChI is InChI=1S/C17H20FN/c1-12-4-7-14(8-5-12)11-17(3,19)15-9-6-13(2)16(18)10-15/h4-10H,11,19H2,1-3H3. The third-order valence-electron chi connectivity index (χ3n) is 3.52. The number of rotatable bonds is 3. The Hall–Kier alpha value is -1.67. The summed E-state index contributed by atoms with van der Waals surface area (Å²) in [5.41, 5.74) is 9.66. The van der Waals surface area contributed by atoms with Gasteiger partial charge in [0.15, 0.2) is 0 Å². The molecule has 1 atom stereocenters. The van der Waals surface area contributed by atoms with Crippen LogP contribution < -0.4 is 5.73 Å². The Labute approximate surface area is 114 Å². The number of nitrogens with two attached hydrogens (primary N) is 1. The Morgan fingerprint density at radius 1 is 1.05 bits per heavy atom. The summed E-state index contributed by atoms with van der Waals surface area (Å²) in [7, 11) is 0. The van der Waals surface area contributed by atoms with E-state index in [1.165, 1.54) is 5.56 Å². The fourth-order valence-corrected chi connectivity index (χ4v) is 2.18. The van der Waals surface area contributed by atoms with Crippen molar-refractivity contribution in [3.8, 4) is 0 Å². The molecule has 0 spiro atoms. The quantitative estimate of drug-likeness (QED) is 0.887. The van der Waals surface area contributed by atoms with E-state index in [2.05, 4.69) is 31.2 Å². The van der Waals surface area contributed by atoms with E-state index in [9.17, 15) is 4.39 Å². The molecule has 1 unspecified atom stereocenters. The van der Waals surface area contributed by atoms with E-state index < -0.39 is 5.54 Å². The van der Waals surface area contributed by atoms with Gasteiger partial charge < -0.3 is 5.73 Å². The maximum absolute atomic E-state index is 13.6. The van der Waals surface area contributed by atoms with Gasteiger partial charge in [0.2, 0.25) is 0 Å². The van der Waals surface area contributed by atoms with Crippen LogP contribution in [0.2, 0.25) is 0 Å². The summed E-state index contributed by atoms with van der Waals surface area (Å²) in [6.45, 7) is 5.75. The van der Waals surface area contributed by atoms with Crippen molar-refractivity contribution in [2.45, 2.75) is 32.7 Å². The average molecular weight is 257 g/mol. The van der Waals surface area contributed by atoms with Gasteiger partial charge in [-0.05, 0) is 49.9 Å². The fourth-order valence-electron chi connectivity index (χ4n) is 2.18. The van der Waals surface area contributed by atoms with Crippen LogP contribution >= 0.6 is 0 Å². The summed E-state index contributed by atoms with van der Waals surface area (Å²) in [5.74, 6) is -0.196. The van der Waals surface area contributed by atoms with Crippen LogP contribution in [0.5, 0.6) is 0 Å². The van der Waals surface area contributed by atoms with Crippen molar-refractivity contribution in [2.75, 3.05) is 0 Å². The van der Waals surface area contributed by atoms with Gasteiger partial charge in [-0.25, -0.2) is 4.39 Å². The Morgan fingerprint density at radius 2 is 1.68 bits per heavy atom. The maximum Gasteiger partial charge on any atom is 0.126 e. The molecule has 100 valence electrons. The van der Waals surface area contributed by atoms with Crippen LogP contribution in [0.15, 0.2) is 42.5 Å². The van der Waals surface area contributed by atoms with Crippen molar-refractivity contribution in [2.24, 2.45) is 5.73 Å². The molecule has 0 amide bonds. The zero-order valence-electron chi connectivity index (χ0n) is 11.7. The second-order valence-electron chi connectivity index (χ2n) is 5.54. The summed E-state index contributed by atoms with van der Waals surface area (Å²) in [6.07, 6.45) is 0.690. The molecule has 0 aliphatic carbocycles. The first-order valence-corrected chi connectivity index (χ1v) is 6.49. The monoisotopic (exact) mass is 257 g/mol. The van der Waals surface area contributed by atoms with E-state index >= 15 is 0 Å². The number of aryl methyl sites for hydroxylation is 2. The SMILES string of the molecule is Cc1ccc(CC(C)(N)c2ccc(C)c(F)c2)cc1. The predicted octanol–water partition coefficient (Wildman–Crippen LogP) is 3.86. The van der Waals surface area contributed by atoms with Crippen molar-refractivity contribution in [1.29, 1.82) is 0 Å². The molecule has 2 aromatic carbocycles. The highest BCUT2D eigenvalue weighted by atomic mass is 19.1. The lowest BCUT2D eigenvalue weighted by Gasteiger charge is -2.26. The van der Waals surface area contributed by atoms with E-state index in [1.807, 2.05) is 13.0 Å². The first-order valence-electron chi connectivity index (χ1n) is 6.49. The maximum atomic E-state index is 13.6. The highest BCUT2D eigenvalue weighted by Crippen LogP contribution is 2.24. The molecule has 1 nitrogen and oxygen atoms in total. The Morgan fingerprint density at radius 3 is 2.26 bits per heavy atom. The van der Waals surface area contributed by atoms with E-state index in [-0.39, 0.29) is 5.82 Å². The average Bonchev–Trinajstić information content (AvgIpc) is 2.35. The molecule has 0 saturated heterocycles. The van der Waals surface area contributed by atoms with Crippen molar-refractivity contribution < 1.29 is 4.39 Å². The van der Waals surface area contributed by atoms with Gasteiger partial charge in [-0.15, -0.1) is 0 Å². The normalized spacial score (nSPS) is 14.2. The van der Waals surface area contributed by atoms with Gasteiger partial charge >= 0.3 is 0 Å². The Kier molecular flexibility index (Phi) is 3.72. The third kappa shape index (κ3) is 3.21. The summed E-state index contributed by atoms with van der Waals surface area (Å²) < 4.78 is 13.6. The van der Waals surface area contributed by atoms with E-state index in [0.717, 1.165) is 11.1 Å². The molecule has 0 radical (unpaired) electrons. The van der Waals surface area contributed by atoms with Crippen LogP contribution in [0, 0.1) is 19.7 Å². The van der Waals surface area contributed by atoms with Gasteiger partial charge in [-0.2, -0.15) is 0 Å². The van der Waals surface area contributed by atoms with Gasteiger partial charge in [0.1, 0.15) is 5.82 Å².